The first-order valence-electron chi connectivity index (χ1n) is 8.00. The number of hydrogen-bond donors (Lipinski definition) is 0. The van der Waals surface area contributed by atoms with Gasteiger partial charge in [0.15, 0.2) is 0 Å². The first kappa shape index (κ1) is 23.5. The third kappa shape index (κ3) is 7.94. The van der Waals surface area contributed by atoms with Gasteiger partial charge >= 0.3 is 42.8 Å². The summed E-state index contributed by atoms with van der Waals surface area (Å²) in [5, 5.41) is 2.11. The molecule has 0 spiro atoms. The number of benzene rings is 2. The molecule has 2 aromatic carbocycles. The second kappa shape index (κ2) is 10.1. The average molecular weight is 602 g/mol. The van der Waals surface area contributed by atoms with Crippen LogP contribution in [-0.2, 0) is 15.2 Å². The summed E-state index contributed by atoms with van der Waals surface area (Å²) in [6.45, 7) is 14.3. The van der Waals surface area contributed by atoms with Crippen LogP contribution in [0.4, 0.5) is 0 Å². The van der Waals surface area contributed by atoms with Gasteiger partial charge in [0.2, 0.25) is 0 Å². The Morgan fingerprint density at radius 2 is 1.08 bits per heavy atom. The third-order valence-corrected chi connectivity index (χ3v) is 7.13. The minimum atomic E-state index is -1.79. The number of hydrogen-bond acceptors (Lipinski definition) is 0. The van der Waals surface area contributed by atoms with Crippen molar-refractivity contribution in [2.45, 2.75) is 51.9 Å². The van der Waals surface area contributed by atoms with E-state index in [4.69, 9.17) is 27.6 Å². The van der Waals surface area contributed by atoms with Crippen LogP contribution in [0.1, 0.15) is 41.5 Å². The van der Waals surface area contributed by atoms with Crippen LogP contribution < -0.4 is 5.30 Å². The molecule has 0 aliphatic carbocycles. The molecule has 0 aromatic heterocycles. The molecule has 0 fully saturated rings. The van der Waals surface area contributed by atoms with E-state index in [1.807, 2.05) is 0 Å². The molecule has 0 saturated carbocycles. The van der Waals surface area contributed by atoms with Crippen molar-refractivity contribution in [3.05, 3.63) is 54.6 Å². The molecule has 0 unspecified atom stereocenters. The standard InChI is InChI=1S/C20H27P.Au.3ClH/c1-19(2,3)21(20(4,5)6)18-15-11-10-14-17(18)16-12-8-7-9-13-16;;;;/h7-15H,1-6H3;;3*1H/q;+3;;;/p-3. The van der Waals surface area contributed by atoms with Gasteiger partial charge in [-0.25, -0.2) is 0 Å². The van der Waals surface area contributed by atoms with Crippen LogP contribution >= 0.6 is 35.5 Å². The quantitative estimate of drug-likeness (QED) is 0.241. The number of rotatable bonds is 2. The summed E-state index contributed by atoms with van der Waals surface area (Å²) < 4.78 is 0. The van der Waals surface area contributed by atoms with Crippen molar-refractivity contribution in [3.8, 4) is 11.1 Å². The van der Waals surface area contributed by atoms with Crippen molar-refractivity contribution in [2.75, 3.05) is 0 Å². The Labute approximate surface area is 172 Å². The second-order valence-electron chi connectivity index (χ2n) is 7.69. The molecule has 0 heterocycles. The topological polar surface area (TPSA) is 0 Å². The minimum absolute atomic E-state index is 0.282. The maximum atomic E-state index is 4.95. The van der Waals surface area contributed by atoms with Gasteiger partial charge in [-0.1, -0.05) is 104 Å². The molecule has 0 bridgehead atoms. The molecule has 0 atom stereocenters. The van der Waals surface area contributed by atoms with E-state index < -0.39 is 15.2 Å². The molecule has 2 rings (SSSR count). The molecule has 144 valence electrons. The SMILES string of the molecule is CC(C)(C)P(c1ccccc1-c1ccccc1)C(C)(C)C.[Cl][Au]([Cl])[Cl]. The summed E-state index contributed by atoms with van der Waals surface area (Å²) in [7, 11) is 14.6. The fourth-order valence-electron chi connectivity index (χ4n) is 3.26. The van der Waals surface area contributed by atoms with Gasteiger partial charge in [-0.05, 0) is 26.7 Å². The summed E-state index contributed by atoms with van der Waals surface area (Å²) in [5.74, 6) is 0. The summed E-state index contributed by atoms with van der Waals surface area (Å²) in [5.41, 5.74) is 2.73. The van der Waals surface area contributed by atoms with E-state index >= 15 is 0 Å². The van der Waals surface area contributed by atoms with Gasteiger partial charge in [0.05, 0.1) is 0 Å². The van der Waals surface area contributed by atoms with Gasteiger partial charge in [-0.3, -0.25) is 0 Å². The molecule has 25 heavy (non-hydrogen) atoms. The van der Waals surface area contributed by atoms with E-state index in [9.17, 15) is 0 Å². The average Bonchev–Trinajstić information content (AvgIpc) is 2.45. The van der Waals surface area contributed by atoms with E-state index in [-0.39, 0.29) is 7.92 Å². The Balaban J connectivity index is 0.000000705. The third-order valence-electron chi connectivity index (χ3n) is 3.57. The van der Waals surface area contributed by atoms with E-state index in [0.29, 0.717) is 10.3 Å². The molecule has 0 radical (unpaired) electrons. The number of halogens is 3. The molecule has 0 nitrogen and oxygen atoms in total. The van der Waals surface area contributed by atoms with Gasteiger partial charge < -0.3 is 0 Å². The molecule has 0 saturated heterocycles. The molecular formula is C20H27AuCl3P. The van der Waals surface area contributed by atoms with E-state index in [2.05, 4.69) is 96.1 Å². The predicted molar refractivity (Wildman–Crippen MR) is 115 cm³/mol. The van der Waals surface area contributed by atoms with E-state index in [1.165, 1.54) is 16.4 Å². The van der Waals surface area contributed by atoms with Crippen LogP contribution in [-0.4, -0.2) is 10.3 Å². The van der Waals surface area contributed by atoms with E-state index in [1.54, 1.807) is 0 Å². The van der Waals surface area contributed by atoms with Gasteiger partial charge in [0.25, 0.3) is 0 Å². The van der Waals surface area contributed by atoms with Crippen molar-refractivity contribution >= 4 is 40.8 Å². The van der Waals surface area contributed by atoms with Crippen LogP contribution in [0.5, 0.6) is 0 Å². The van der Waals surface area contributed by atoms with Crippen molar-refractivity contribution in [1.82, 2.24) is 0 Å². The van der Waals surface area contributed by atoms with Crippen molar-refractivity contribution in [3.63, 3.8) is 0 Å². The fraction of sp³-hybridized carbons (Fsp3) is 0.400. The van der Waals surface area contributed by atoms with Crippen molar-refractivity contribution < 1.29 is 15.2 Å². The van der Waals surface area contributed by atoms with Gasteiger partial charge in [-0.15, -0.1) is 0 Å². The van der Waals surface area contributed by atoms with Gasteiger partial charge in [0, 0.05) is 0 Å². The van der Waals surface area contributed by atoms with Crippen molar-refractivity contribution in [1.29, 1.82) is 0 Å². The summed E-state index contributed by atoms with van der Waals surface area (Å²) in [6, 6.07) is 19.7. The normalized spacial score (nSPS) is 12.5. The molecule has 0 N–H and O–H groups in total. The monoisotopic (exact) mass is 600 g/mol. The first-order chi connectivity index (χ1) is 11.4. The van der Waals surface area contributed by atoms with Crippen LogP contribution in [0.15, 0.2) is 54.6 Å². The molecule has 0 amide bonds. The van der Waals surface area contributed by atoms with Gasteiger partial charge in [0.1, 0.15) is 0 Å². The Morgan fingerprint density at radius 1 is 0.680 bits per heavy atom. The molecular weight excluding hydrogens is 575 g/mol. The van der Waals surface area contributed by atoms with Crippen LogP contribution in [0.3, 0.4) is 0 Å². The zero-order chi connectivity index (χ0) is 19.3. The van der Waals surface area contributed by atoms with Crippen molar-refractivity contribution in [2.24, 2.45) is 0 Å². The summed E-state index contributed by atoms with van der Waals surface area (Å²) in [6.07, 6.45) is 0. The molecule has 0 aliphatic rings. The van der Waals surface area contributed by atoms with Crippen LogP contribution in [0.25, 0.3) is 11.1 Å². The second-order valence-corrected chi connectivity index (χ2v) is 20.9. The Kier molecular flexibility index (Phi) is 9.54. The Hall–Kier alpha value is 0.480. The first-order valence-corrected chi connectivity index (χ1v) is 17.4. The Morgan fingerprint density at radius 3 is 1.52 bits per heavy atom. The maximum absolute atomic E-state index is 4.95. The van der Waals surface area contributed by atoms with Crippen LogP contribution in [0, 0.1) is 0 Å². The molecule has 5 heteroatoms. The molecule has 0 aliphatic heterocycles. The molecule has 2 aromatic rings. The van der Waals surface area contributed by atoms with Crippen LogP contribution in [0.2, 0.25) is 0 Å². The summed E-state index contributed by atoms with van der Waals surface area (Å²) >= 11 is -1.79. The summed E-state index contributed by atoms with van der Waals surface area (Å²) in [4.78, 5) is 0. The zero-order valence-electron chi connectivity index (χ0n) is 15.6. The fourth-order valence-corrected chi connectivity index (χ4v) is 7.40. The Bertz CT molecular complexity index is 629. The van der Waals surface area contributed by atoms with Gasteiger partial charge in [-0.2, -0.15) is 0 Å². The van der Waals surface area contributed by atoms with E-state index in [0.717, 1.165) is 0 Å². The predicted octanol–water partition coefficient (Wildman–Crippen LogP) is 8.12. The zero-order valence-corrected chi connectivity index (χ0v) is 20.9.